The molecular formula is C9H12NO3P. The number of rotatable bonds is 5. The third-order valence-corrected chi connectivity index (χ3v) is 2.72. The lowest BCUT2D eigenvalue weighted by Gasteiger charge is -2.00. The number of benzene rings is 1. The van der Waals surface area contributed by atoms with E-state index in [4.69, 9.17) is 4.52 Å². The summed E-state index contributed by atoms with van der Waals surface area (Å²) in [6.45, 7) is 2.66. The number of hydrogen-bond donors (Lipinski definition) is 0. The van der Waals surface area contributed by atoms with Crippen molar-refractivity contribution in [2.24, 2.45) is 0 Å². The van der Waals surface area contributed by atoms with Crippen LogP contribution in [0.2, 0.25) is 0 Å². The molecule has 1 aromatic carbocycles. The van der Waals surface area contributed by atoms with Gasteiger partial charge in [-0.15, -0.1) is 0 Å². The molecule has 0 saturated carbocycles. The molecule has 0 spiro atoms. The molecule has 0 amide bonds. The van der Waals surface area contributed by atoms with Gasteiger partial charge in [0.2, 0.25) is 0 Å². The first kappa shape index (κ1) is 11.1. The largest absolute Gasteiger partial charge is 0.362 e. The van der Waals surface area contributed by atoms with Crippen molar-refractivity contribution >= 4 is 14.5 Å². The molecule has 0 N–H and O–H groups in total. The van der Waals surface area contributed by atoms with E-state index in [2.05, 4.69) is 0 Å². The summed E-state index contributed by atoms with van der Waals surface area (Å²) in [5, 5.41) is 10.4. The third kappa shape index (κ3) is 3.40. The number of non-ortho nitro benzene ring substituents is 1. The van der Waals surface area contributed by atoms with E-state index in [0.29, 0.717) is 15.4 Å². The third-order valence-electron chi connectivity index (χ3n) is 1.67. The summed E-state index contributed by atoms with van der Waals surface area (Å²) < 4.78 is 5.21. The Hall–Kier alpha value is -0.990. The van der Waals surface area contributed by atoms with E-state index in [-0.39, 0.29) is 5.69 Å². The molecular weight excluding hydrogens is 201 g/mol. The highest BCUT2D eigenvalue weighted by Crippen LogP contribution is 2.21. The fourth-order valence-corrected chi connectivity index (χ4v) is 1.68. The lowest BCUT2D eigenvalue weighted by Crippen LogP contribution is -1.88. The summed E-state index contributed by atoms with van der Waals surface area (Å²) in [4.78, 5) is 9.96. The average molecular weight is 213 g/mol. The zero-order valence-electron chi connectivity index (χ0n) is 7.90. The van der Waals surface area contributed by atoms with Gasteiger partial charge in [0.15, 0.2) is 0 Å². The SMILES string of the molecule is CCOPCc1ccc([N+](=O)[O-])cc1. The van der Waals surface area contributed by atoms with E-state index in [1.165, 1.54) is 12.1 Å². The maximum absolute atomic E-state index is 10.4. The molecule has 1 unspecified atom stereocenters. The van der Waals surface area contributed by atoms with Crippen molar-refractivity contribution in [3.05, 3.63) is 39.9 Å². The van der Waals surface area contributed by atoms with Crippen LogP contribution in [0.25, 0.3) is 0 Å². The van der Waals surface area contributed by atoms with E-state index in [1.807, 2.05) is 6.92 Å². The standard InChI is InChI=1S/C9H12NO3P/c1-2-13-14-7-8-3-5-9(6-4-8)10(11)12/h3-6,14H,2,7H2,1H3. The second kappa shape index (κ2) is 5.68. The lowest BCUT2D eigenvalue weighted by molar-refractivity contribution is -0.384. The monoisotopic (exact) mass is 213 g/mol. The van der Waals surface area contributed by atoms with Crippen molar-refractivity contribution in [2.45, 2.75) is 13.1 Å². The molecule has 0 saturated heterocycles. The first-order chi connectivity index (χ1) is 6.74. The molecule has 76 valence electrons. The van der Waals surface area contributed by atoms with Crippen molar-refractivity contribution < 1.29 is 9.45 Å². The summed E-state index contributed by atoms with van der Waals surface area (Å²) in [5.74, 6) is 0. The molecule has 5 heteroatoms. The first-order valence-corrected chi connectivity index (χ1v) is 5.43. The minimum atomic E-state index is -0.394. The van der Waals surface area contributed by atoms with Gasteiger partial charge in [-0.25, -0.2) is 0 Å². The van der Waals surface area contributed by atoms with Crippen LogP contribution < -0.4 is 0 Å². The van der Waals surface area contributed by atoms with Crippen LogP contribution in [0.4, 0.5) is 5.69 Å². The number of nitro benzene ring substituents is 1. The predicted molar refractivity (Wildman–Crippen MR) is 56.7 cm³/mol. The Balaban J connectivity index is 2.51. The minimum Gasteiger partial charge on any atom is -0.362 e. The lowest BCUT2D eigenvalue weighted by atomic mass is 10.2. The van der Waals surface area contributed by atoms with E-state index in [0.717, 1.165) is 11.7 Å². The summed E-state index contributed by atoms with van der Waals surface area (Å²) in [5.41, 5.74) is 1.20. The van der Waals surface area contributed by atoms with Crippen LogP contribution in [-0.2, 0) is 10.7 Å². The molecule has 0 aliphatic rings. The summed E-state index contributed by atoms with van der Waals surface area (Å²) in [6, 6.07) is 6.58. The van der Waals surface area contributed by atoms with Crippen LogP contribution in [0.3, 0.4) is 0 Å². The van der Waals surface area contributed by atoms with Crippen molar-refractivity contribution in [1.82, 2.24) is 0 Å². The first-order valence-electron chi connectivity index (χ1n) is 4.32. The Bertz CT molecular complexity index is 299. The normalized spacial score (nSPS) is 10.9. The average Bonchev–Trinajstić information content (AvgIpc) is 2.19. The molecule has 14 heavy (non-hydrogen) atoms. The van der Waals surface area contributed by atoms with E-state index in [9.17, 15) is 10.1 Å². The van der Waals surface area contributed by atoms with E-state index >= 15 is 0 Å². The smallest absolute Gasteiger partial charge is 0.269 e. The Labute approximate surface area is 84.3 Å². The zero-order valence-corrected chi connectivity index (χ0v) is 8.90. The molecule has 1 atom stereocenters. The van der Waals surface area contributed by atoms with Crippen LogP contribution in [0.5, 0.6) is 0 Å². The molecule has 0 aliphatic carbocycles. The van der Waals surface area contributed by atoms with Gasteiger partial charge in [0.25, 0.3) is 5.69 Å². The van der Waals surface area contributed by atoms with Crippen molar-refractivity contribution in [2.75, 3.05) is 6.61 Å². The van der Waals surface area contributed by atoms with Gasteiger partial charge in [0.05, 0.1) is 4.92 Å². The highest BCUT2D eigenvalue weighted by molar-refractivity contribution is 7.31. The van der Waals surface area contributed by atoms with Gasteiger partial charge in [-0.3, -0.25) is 10.1 Å². The van der Waals surface area contributed by atoms with Gasteiger partial charge in [-0.2, -0.15) is 0 Å². The Morgan fingerprint density at radius 2 is 2.07 bits per heavy atom. The molecule has 1 aromatic rings. The molecule has 0 radical (unpaired) electrons. The second-order valence-electron chi connectivity index (χ2n) is 2.68. The Morgan fingerprint density at radius 1 is 1.43 bits per heavy atom. The topological polar surface area (TPSA) is 52.4 Å². The highest BCUT2D eigenvalue weighted by atomic mass is 31.1. The van der Waals surface area contributed by atoms with Gasteiger partial charge >= 0.3 is 0 Å². The van der Waals surface area contributed by atoms with E-state index in [1.54, 1.807) is 12.1 Å². The minimum absolute atomic E-state index is 0.133. The second-order valence-corrected chi connectivity index (χ2v) is 3.61. The molecule has 0 aromatic heterocycles. The molecule has 0 bridgehead atoms. The number of nitro groups is 1. The van der Waals surface area contributed by atoms with Crippen LogP contribution in [0.1, 0.15) is 12.5 Å². The Kier molecular flexibility index (Phi) is 4.50. The van der Waals surface area contributed by atoms with Gasteiger partial charge in [-0.1, -0.05) is 12.1 Å². The van der Waals surface area contributed by atoms with Crippen molar-refractivity contribution in [3.8, 4) is 0 Å². The van der Waals surface area contributed by atoms with E-state index < -0.39 is 4.92 Å². The Morgan fingerprint density at radius 3 is 2.57 bits per heavy atom. The maximum Gasteiger partial charge on any atom is 0.269 e. The van der Waals surface area contributed by atoms with Crippen LogP contribution in [0, 0.1) is 10.1 Å². The van der Waals surface area contributed by atoms with Gasteiger partial charge < -0.3 is 4.52 Å². The van der Waals surface area contributed by atoms with Crippen LogP contribution in [0.15, 0.2) is 24.3 Å². The molecule has 0 aliphatic heterocycles. The number of hydrogen-bond acceptors (Lipinski definition) is 3. The van der Waals surface area contributed by atoms with Gasteiger partial charge in [0, 0.05) is 33.7 Å². The van der Waals surface area contributed by atoms with Crippen LogP contribution >= 0.6 is 8.81 Å². The summed E-state index contributed by atoms with van der Waals surface area (Å²) in [7, 11) is 0.431. The van der Waals surface area contributed by atoms with Gasteiger partial charge in [-0.05, 0) is 12.5 Å². The molecule has 0 heterocycles. The van der Waals surface area contributed by atoms with Gasteiger partial charge in [0.1, 0.15) is 0 Å². The predicted octanol–water partition coefficient (Wildman–Crippen LogP) is 2.72. The number of nitrogens with zero attached hydrogens (tertiary/aromatic N) is 1. The summed E-state index contributed by atoms with van der Waals surface area (Å²) >= 11 is 0. The van der Waals surface area contributed by atoms with Crippen LogP contribution in [-0.4, -0.2) is 11.5 Å². The van der Waals surface area contributed by atoms with Crippen molar-refractivity contribution in [1.29, 1.82) is 0 Å². The van der Waals surface area contributed by atoms with Crippen molar-refractivity contribution in [3.63, 3.8) is 0 Å². The molecule has 4 nitrogen and oxygen atoms in total. The summed E-state index contributed by atoms with van der Waals surface area (Å²) in [6.07, 6.45) is 0.825. The quantitative estimate of drug-likeness (QED) is 0.327. The fraction of sp³-hybridized carbons (Fsp3) is 0.333. The highest BCUT2D eigenvalue weighted by Gasteiger charge is 2.03. The fourth-order valence-electron chi connectivity index (χ4n) is 0.972. The maximum atomic E-state index is 10.4. The molecule has 0 fully saturated rings. The zero-order chi connectivity index (χ0) is 10.4. The molecule has 1 rings (SSSR count).